The first-order chi connectivity index (χ1) is 8.79. The standard InChI is InChI=1S/C14H20ClNO3/c1-14(2,3)16(10-13(17)18)7-8-19-12-6-4-5-11(15)9-12/h4-6,9H,7-8,10H2,1-3H3,(H,17,18). The van der Waals surface area contributed by atoms with Crippen LogP contribution in [0, 0.1) is 0 Å². The van der Waals surface area contributed by atoms with Gasteiger partial charge in [-0.2, -0.15) is 0 Å². The predicted octanol–water partition coefficient (Wildman–Crippen LogP) is 2.90. The second-order valence-corrected chi connectivity index (χ2v) is 5.73. The molecule has 1 aromatic carbocycles. The molecule has 5 heteroatoms. The van der Waals surface area contributed by atoms with Gasteiger partial charge in [-0.3, -0.25) is 9.69 Å². The van der Waals surface area contributed by atoms with Gasteiger partial charge in [0, 0.05) is 17.1 Å². The third kappa shape index (κ3) is 5.94. The van der Waals surface area contributed by atoms with E-state index in [1.807, 2.05) is 37.8 Å². The molecule has 0 heterocycles. The lowest BCUT2D eigenvalue weighted by molar-refractivity contribution is -0.139. The van der Waals surface area contributed by atoms with E-state index < -0.39 is 5.97 Å². The quantitative estimate of drug-likeness (QED) is 0.873. The molecule has 0 aliphatic rings. The zero-order valence-corrected chi connectivity index (χ0v) is 12.3. The molecule has 4 nitrogen and oxygen atoms in total. The average Bonchev–Trinajstić information content (AvgIpc) is 2.26. The van der Waals surface area contributed by atoms with Crippen LogP contribution in [0.3, 0.4) is 0 Å². The predicted molar refractivity (Wildman–Crippen MR) is 75.9 cm³/mol. The Morgan fingerprint density at radius 2 is 2.11 bits per heavy atom. The monoisotopic (exact) mass is 285 g/mol. The summed E-state index contributed by atoms with van der Waals surface area (Å²) in [5, 5.41) is 9.52. The van der Waals surface area contributed by atoms with E-state index in [0.717, 1.165) is 0 Å². The Balaban J connectivity index is 2.50. The number of rotatable bonds is 6. The molecule has 0 bridgehead atoms. The third-order valence-electron chi connectivity index (χ3n) is 2.70. The second-order valence-electron chi connectivity index (χ2n) is 5.29. The van der Waals surface area contributed by atoms with E-state index in [2.05, 4.69) is 0 Å². The smallest absolute Gasteiger partial charge is 0.317 e. The molecule has 0 unspecified atom stereocenters. The van der Waals surface area contributed by atoms with Gasteiger partial charge in [0.1, 0.15) is 12.4 Å². The van der Waals surface area contributed by atoms with Crippen molar-refractivity contribution in [2.45, 2.75) is 26.3 Å². The second kappa shape index (κ2) is 6.78. The van der Waals surface area contributed by atoms with Crippen LogP contribution in [0.5, 0.6) is 5.75 Å². The van der Waals surface area contributed by atoms with E-state index in [9.17, 15) is 4.79 Å². The lowest BCUT2D eigenvalue weighted by Gasteiger charge is -2.34. The van der Waals surface area contributed by atoms with E-state index in [1.54, 1.807) is 12.1 Å². The number of carbonyl (C=O) groups is 1. The van der Waals surface area contributed by atoms with Crippen LogP contribution in [0.1, 0.15) is 20.8 Å². The first-order valence-electron chi connectivity index (χ1n) is 6.14. The zero-order valence-electron chi connectivity index (χ0n) is 11.5. The molecule has 1 aromatic rings. The van der Waals surface area contributed by atoms with Crippen LogP contribution in [0.15, 0.2) is 24.3 Å². The molecule has 0 aliphatic carbocycles. The maximum Gasteiger partial charge on any atom is 0.317 e. The SMILES string of the molecule is CC(C)(C)N(CCOc1cccc(Cl)c1)CC(=O)O. The Morgan fingerprint density at radius 1 is 1.42 bits per heavy atom. The van der Waals surface area contributed by atoms with Crippen LogP contribution in [0.2, 0.25) is 5.02 Å². The van der Waals surface area contributed by atoms with E-state index in [0.29, 0.717) is 23.9 Å². The summed E-state index contributed by atoms with van der Waals surface area (Å²) in [5.74, 6) is -0.144. The number of nitrogens with zero attached hydrogens (tertiary/aromatic N) is 1. The number of aliphatic carboxylic acids is 1. The van der Waals surface area contributed by atoms with Gasteiger partial charge in [-0.25, -0.2) is 0 Å². The highest BCUT2D eigenvalue weighted by atomic mass is 35.5. The summed E-state index contributed by atoms with van der Waals surface area (Å²) in [6.45, 7) is 6.91. The fraction of sp³-hybridized carbons (Fsp3) is 0.500. The molecule has 0 amide bonds. The molecule has 0 radical (unpaired) electrons. The number of halogens is 1. The first-order valence-corrected chi connectivity index (χ1v) is 6.52. The summed E-state index contributed by atoms with van der Waals surface area (Å²) in [5.41, 5.74) is -0.212. The minimum atomic E-state index is -0.835. The van der Waals surface area contributed by atoms with Crippen molar-refractivity contribution in [3.8, 4) is 5.75 Å². The molecule has 0 aromatic heterocycles. The van der Waals surface area contributed by atoms with Gasteiger partial charge in [0.25, 0.3) is 0 Å². The van der Waals surface area contributed by atoms with Crippen LogP contribution < -0.4 is 4.74 Å². The van der Waals surface area contributed by atoms with Crippen LogP contribution in [0.25, 0.3) is 0 Å². The zero-order chi connectivity index (χ0) is 14.5. The summed E-state index contributed by atoms with van der Waals surface area (Å²) >= 11 is 5.86. The van der Waals surface area contributed by atoms with Crippen LogP contribution >= 0.6 is 11.6 Å². The molecule has 1 N–H and O–H groups in total. The minimum Gasteiger partial charge on any atom is -0.492 e. The minimum absolute atomic E-state index is 0.00239. The number of carboxylic acids is 1. The van der Waals surface area contributed by atoms with Gasteiger partial charge in [-0.05, 0) is 39.0 Å². The fourth-order valence-electron chi connectivity index (χ4n) is 1.65. The number of hydrogen-bond donors (Lipinski definition) is 1. The van der Waals surface area contributed by atoms with Gasteiger partial charge in [-0.1, -0.05) is 17.7 Å². The Labute approximate surface area is 118 Å². The Morgan fingerprint density at radius 3 is 2.63 bits per heavy atom. The number of ether oxygens (including phenoxy) is 1. The Kier molecular flexibility index (Phi) is 5.63. The molecular formula is C14H20ClNO3. The summed E-state index contributed by atoms with van der Waals surface area (Å²) in [6.07, 6.45) is 0. The molecule has 0 saturated heterocycles. The molecule has 0 spiro atoms. The molecule has 0 saturated carbocycles. The summed E-state index contributed by atoms with van der Waals surface area (Å²) in [7, 11) is 0. The van der Waals surface area contributed by atoms with Crippen LogP contribution in [-0.4, -0.2) is 41.2 Å². The van der Waals surface area contributed by atoms with Crippen molar-refractivity contribution in [2.75, 3.05) is 19.7 Å². The largest absolute Gasteiger partial charge is 0.492 e. The highest BCUT2D eigenvalue weighted by Crippen LogP contribution is 2.17. The van der Waals surface area contributed by atoms with Crippen molar-refractivity contribution in [3.63, 3.8) is 0 Å². The van der Waals surface area contributed by atoms with Crippen molar-refractivity contribution in [1.82, 2.24) is 4.90 Å². The third-order valence-corrected chi connectivity index (χ3v) is 2.94. The molecule has 1 rings (SSSR count). The lowest BCUT2D eigenvalue weighted by atomic mass is 10.1. The highest BCUT2D eigenvalue weighted by molar-refractivity contribution is 6.30. The number of benzene rings is 1. The normalized spacial score (nSPS) is 11.6. The average molecular weight is 286 g/mol. The summed E-state index contributed by atoms with van der Waals surface area (Å²) < 4.78 is 5.58. The van der Waals surface area contributed by atoms with Gasteiger partial charge in [0.05, 0.1) is 6.54 Å². The van der Waals surface area contributed by atoms with E-state index in [-0.39, 0.29) is 12.1 Å². The number of hydrogen-bond acceptors (Lipinski definition) is 3. The van der Waals surface area contributed by atoms with Gasteiger partial charge < -0.3 is 9.84 Å². The molecule has 0 fully saturated rings. The first kappa shape index (κ1) is 15.8. The maximum atomic E-state index is 10.8. The van der Waals surface area contributed by atoms with Crippen molar-refractivity contribution in [3.05, 3.63) is 29.3 Å². The maximum absolute atomic E-state index is 10.8. The van der Waals surface area contributed by atoms with Gasteiger partial charge >= 0.3 is 5.97 Å². The van der Waals surface area contributed by atoms with E-state index >= 15 is 0 Å². The topological polar surface area (TPSA) is 49.8 Å². The molecule has 19 heavy (non-hydrogen) atoms. The summed E-state index contributed by atoms with van der Waals surface area (Å²) in [6, 6.07) is 7.15. The van der Waals surface area contributed by atoms with Crippen molar-refractivity contribution >= 4 is 17.6 Å². The molecule has 106 valence electrons. The van der Waals surface area contributed by atoms with Gasteiger partial charge in [0.2, 0.25) is 0 Å². The number of carboxylic acid groups (broad SMARTS) is 1. The van der Waals surface area contributed by atoms with Crippen molar-refractivity contribution < 1.29 is 14.6 Å². The Hall–Kier alpha value is -1.26. The lowest BCUT2D eigenvalue weighted by Crippen LogP contribution is -2.46. The molecule has 0 atom stereocenters. The van der Waals surface area contributed by atoms with Crippen molar-refractivity contribution in [2.24, 2.45) is 0 Å². The van der Waals surface area contributed by atoms with Crippen molar-refractivity contribution in [1.29, 1.82) is 0 Å². The van der Waals surface area contributed by atoms with E-state index in [4.69, 9.17) is 21.4 Å². The fourth-order valence-corrected chi connectivity index (χ4v) is 1.83. The highest BCUT2D eigenvalue weighted by Gasteiger charge is 2.23. The molecule has 0 aliphatic heterocycles. The van der Waals surface area contributed by atoms with Crippen LogP contribution in [0.4, 0.5) is 0 Å². The van der Waals surface area contributed by atoms with Gasteiger partial charge in [-0.15, -0.1) is 0 Å². The van der Waals surface area contributed by atoms with Gasteiger partial charge in [0.15, 0.2) is 0 Å². The molecular weight excluding hydrogens is 266 g/mol. The van der Waals surface area contributed by atoms with E-state index in [1.165, 1.54) is 0 Å². The Bertz CT molecular complexity index is 429. The summed E-state index contributed by atoms with van der Waals surface area (Å²) in [4.78, 5) is 12.7. The van der Waals surface area contributed by atoms with Crippen LogP contribution in [-0.2, 0) is 4.79 Å².